The van der Waals surface area contributed by atoms with Crippen LogP contribution in [0.4, 0.5) is 4.79 Å². The highest BCUT2D eigenvalue weighted by molar-refractivity contribution is 5.67. The molecule has 2 unspecified atom stereocenters. The van der Waals surface area contributed by atoms with Crippen LogP contribution in [-0.2, 0) is 4.74 Å². The monoisotopic (exact) mass is 243 g/mol. The minimum atomic E-state index is -0.322. The lowest BCUT2D eigenvalue weighted by molar-refractivity contribution is 0.166. The van der Waals surface area contributed by atoms with E-state index in [1.54, 1.807) is 0 Å². The van der Waals surface area contributed by atoms with Gasteiger partial charge in [-0.2, -0.15) is 0 Å². The molecule has 5 nitrogen and oxygen atoms in total. The molecule has 0 aromatic heterocycles. The summed E-state index contributed by atoms with van der Waals surface area (Å²) in [6.07, 6.45) is 0.695. The molecule has 100 valence electrons. The summed E-state index contributed by atoms with van der Waals surface area (Å²) in [7, 11) is 1.40. The molecule has 1 fully saturated rings. The Hall–Kier alpha value is -0.810. The van der Waals surface area contributed by atoms with Gasteiger partial charge in [0.1, 0.15) is 0 Å². The van der Waals surface area contributed by atoms with E-state index in [4.69, 9.17) is 0 Å². The van der Waals surface area contributed by atoms with E-state index in [2.05, 4.69) is 34.1 Å². The van der Waals surface area contributed by atoms with E-state index in [0.717, 1.165) is 39.1 Å². The van der Waals surface area contributed by atoms with Gasteiger partial charge in [0.25, 0.3) is 0 Å². The molecule has 2 atom stereocenters. The van der Waals surface area contributed by atoms with Crippen molar-refractivity contribution in [3.05, 3.63) is 0 Å². The van der Waals surface area contributed by atoms with E-state index in [9.17, 15) is 4.79 Å². The number of nitrogens with one attached hydrogen (secondary N) is 2. The van der Waals surface area contributed by atoms with E-state index in [1.165, 1.54) is 7.11 Å². The Balaban J connectivity index is 2.18. The fraction of sp³-hybridized carbons (Fsp3) is 0.917. The summed E-state index contributed by atoms with van der Waals surface area (Å²) < 4.78 is 4.60. The summed E-state index contributed by atoms with van der Waals surface area (Å²) in [6.45, 7) is 9.55. The average Bonchev–Trinajstić information content (AvgIpc) is 2.73. The second kappa shape index (κ2) is 7.50. The molecule has 0 saturated carbocycles. The van der Waals surface area contributed by atoms with Gasteiger partial charge in [-0.15, -0.1) is 0 Å². The predicted molar refractivity (Wildman–Crippen MR) is 68.1 cm³/mol. The van der Waals surface area contributed by atoms with E-state index in [-0.39, 0.29) is 12.1 Å². The zero-order chi connectivity index (χ0) is 12.7. The van der Waals surface area contributed by atoms with Gasteiger partial charge in [0, 0.05) is 25.7 Å². The zero-order valence-corrected chi connectivity index (χ0v) is 11.2. The Morgan fingerprint density at radius 1 is 1.59 bits per heavy atom. The van der Waals surface area contributed by atoms with Crippen LogP contribution in [0, 0.1) is 5.92 Å². The molecule has 0 radical (unpaired) electrons. The number of carbonyl (C=O) groups is 1. The molecule has 1 amide bonds. The summed E-state index contributed by atoms with van der Waals surface area (Å²) in [5, 5.41) is 6.21. The third-order valence-electron chi connectivity index (χ3n) is 3.09. The van der Waals surface area contributed by atoms with Crippen LogP contribution in [0.25, 0.3) is 0 Å². The molecule has 0 aromatic carbocycles. The number of amides is 1. The first-order valence-electron chi connectivity index (χ1n) is 6.43. The number of methoxy groups -OCH3 is 1. The summed E-state index contributed by atoms with van der Waals surface area (Å²) in [5.41, 5.74) is 0. The Bertz CT molecular complexity index is 236. The second-order valence-corrected chi connectivity index (χ2v) is 4.79. The predicted octanol–water partition coefficient (Wildman–Crippen LogP) is 0.662. The summed E-state index contributed by atoms with van der Waals surface area (Å²) >= 11 is 0. The first-order chi connectivity index (χ1) is 8.15. The molecule has 0 aliphatic carbocycles. The van der Waals surface area contributed by atoms with Crippen molar-refractivity contribution in [3.63, 3.8) is 0 Å². The van der Waals surface area contributed by atoms with Crippen LogP contribution in [-0.4, -0.2) is 56.9 Å². The average molecular weight is 243 g/mol. The number of hydrogen-bond acceptors (Lipinski definition) is 4. The minimum absolute atomic E-state index is 0.244. The van der Waals surface area contributed by atoms with E-state index < -0.39 is 0 Å². The Kier molecular flexibility index (Phi) is 6.29. The Morgan fingerprint density at radius 2 is 2.35 bits per heavy atom. The molecule has 0 aromatic rings. The first-order valence-corrected chi connectivity index (χ1v) is 6.43. The quantitative estimate of drug-likeness (QED) is 0.719. The van der Waals surface area contributed by atoms with Crippen molar-refractivity contribution >= 4 is 6.09 Å². The van der Waals surface area contributed by atoms with Gasteiger partial charge in [0.15, 0.2) is 0 Å². The zero-order valence-electron chi connectivity index (χ0n) is 11.2. The van der Waals surface area contributed by atoms with Crippen molar-refractivity contribution in [3.8, 4) is 0 Å². The third kappa shape index (κ3) is 5.37. The number of carbonyl (C=O) groups excluding carboxylic acids is 1. The largest absolute Gasteiger partial charge is 0.453 e. The lowest BCUT2D eigenvalue weighted by Crippen LogP contribution is -2.38. The smallest absolute Gasteiger partial charge is 0.407 e. The standard InChI is InChI=1S/C12H25N3O2/c1-4-13-7-10(2)8-15-6-5-11(9-15)14-12(16)17-3/h10-11,13H,4-9H2,1-3H3,(H,14,16). The lowest BCUT2D eigenvalue weighted by atomic mass is 10.1. The molecule has 5 heteroatoms. The van der Waals surface area contributed by atoms with E-state index in [0.29, 0.717) is 5.92 Å². The number of alkyl carbamates (subject to hydrolysis) is 1. The van der Waals surface area contributed by atoms with Gasteiger partial charge < -0.3 is 20.3 Å². The van der Waals surface area contributed by atoms with Crippen LogP contribution in [0.1, 0.15) is 20.3 Å². The normalized spacial score (nSPS) is 22.4. The molecule has 0 bridgehead atoms. The number of nitrogens with zero attached hydrogens (tertiary/aromatic N) is 1. The molecule has 1 aliphatic heterocycles. The maximum Gasteiger partial charge on any atom is 0.407 e. The first kappa shape index (κ1) is 14.3. The molecule has 1 aliphatic rings. The second-order valence-electron chi connectivity index (χ2n) is 4.79. The van der Waals surface area contributed by atoms with Crippen molar-refractivity contribution in [2.24, 2.45) is 5.92 Å². The number of hydrogen-bond donors (Lipinski definition) is 2. The summed E-state index contributed by atoms with van der Waals surface area (Å²) in [4.78, 5) is 13.5. The highest BCUT2D eigenvalue weighted by atomic mass is 16.5. The number of ether oxygens (including phenoxy) is 1. The van der Waals surface area contributed by atoms with Crippen LogP contribution in [0.3, 0.4) is 0 Å². The van der Waals surface area contributed by atoms with Gasteiger partial charge in [-0.05, 0) is 25.4 Å². The number of rotatable bonds is 6. The van der Waals surface area contributed by atoms with Gasteiger partial charge in [0.05, 0.1) is 7.11 Å². The maximum atomic E-state index is 11.1. The van der Waals surface area contributed by atoms with Gasteiger partial charge in [-0.25, -0.2) is 4.79 Å². The topological polar surface area (TPSA) is 53.6 Å². The van der Waals surface area contributed by atoms with Gasteiger partial charge in [0.2, 0.25) is 0 Å². The fourth-order valence-electron chi connectivity index (χ4n) is 2.24. The van der Waals surface area contributed by atoms with Crippen LogP contribution in [0.15, 0.2) is 0 Å². The fourth-order valence-corrected chi connectivity index (χ4v) is 2.24. The van der Waals surface area contributed by atoms with Crippen LogP contribution in [0.2, 0.25) is 0 Å². The number of likely N-dealkylation sites (tertiary alicyclic amines) is 1. The summed E-state index contributed by atoms with van der Waals surface area (Å²) in [5.74, 6) is 0.645. The SMILES string of the molecule is CCNCC(C)CN1CCC(NC(=O)OC)C1. The molecule has 2 N–H and O–H groups in total. The van der Waals surface area contributed by atoms with Crippen molar-refractivity contribution in [1.29, 1.82) is 0 Å². The molecule has 1 rings (SSSR count). The maximum absolute atomic E-state index is 11.1. The third-order valence-corrected chi connectivity index (χ3v) is 3.09. The highest BCUT2D eigenvalue weighted by Crippen LogP contribution is 2.11. The molecular formula is C12H25N3O2. The van der Waals surface area contributed by atoms with Crippen LogP contribution < -0.4 is 10.6 Å². The molecule has 1 saturated heterocycles. The Labute approximate surface area is 104 Å². The van der Waals surface area contributed by atoms with Gasteiger partial charge >= 0.3 is 6.09 Å². The molecule has 0 spiro atoms. The van der Waals surface area contributed by atoms with Crippen molar-refractivity contribution in [2.75, 3.05) is 39.8 Å². The minimum Gasteiger partial charge on any atom is -0.453 e. The van der Waals surface area contributed by atoms with Crippen LogP contribution in [0.5, 0.6) is 0 Å². The molecule has 1 heterocycles. The molecule has 17 heavy (non-hydrogen) atoms. The summed E-state index contributed by atoms with van der Waals surface area (Å²) in [6, 6.07) is 0.244. The van der Waals surface area contributed by atoms with Crippen LogP contribution >= 0.6 is 0 Å². The van der Waals surface area contributed by atoms with Gasteiger partial charge in [-0.1, -0.05) is 13.8 Å². The van der Waals surface area contributed by atoms with E-state index in [1.807, 2.05) is 0 Å². The van der Waals surface area contributed by atoms with Gasteiger partial charge in [-0.3, -0.25) is 0 Å². The van der Waals surface area contributed by atoms with E-state index >= 15 is 0 Å². The Morgan fingerprint density at radius 3 is 3.00 bits per heavy atom. The van der Waals surface area contributed by atoms with Crippen molar-refractivity contribution in [1.82, 2.24) is 15.5 Å². The van der Waals surface area contributed by atoms with Crippen molar-refractivity contribution in [2.45, 2.75) is 26.3 Å². The lowest BCUT2D eigenvalue weighted by Gasteiger charge is -2.21. The van der Waals surface area contributed by atoms with Crippen molar-refractivity contribution < 1.29 is 9.53 Å². The highest BCUT2D eigenvalue weighted by Gasteiger charge is 2.24. The molecular weight excluding hydrogens is 218 g/mol.